The van der Waals surface area contributed by atoms with E-state index in [9.17, 15) is 4.39 Å². The summed E-state index contributed by atoms with van der Waals surface area (Å²) in [5, 5.41) is 0. The molecule has 0 amide bonds. The Morgan fingerprint density at radius 1 is 1.11 bits per heavy atom. The van der Waals surface area contributed by atoms with Crippen molar-refractivity contribution in [1.29, 1.82) is 0 Å². The molecule has 0 radical (unpaired) electrons. The fourth-order valence-corrected chi connectivity index (χ4v) is 1.91. The Hall–Kier alpha value is -2.23. The van der Waals surface area contributed by atoms with Crippen molar-refractivity contribution >= 4 is 17.1 Å². The second kappa shape index (κ2) is 4.96. The minimum Gasteiger partial charge on any atom is -0.495 e. The first-order chi connectivity index (χ1) is 8.65. The number of benzene rings is 2. The number of nitrogens with zero attached hydrogens (tertiary/aromatic N) is 1. The van der Waals surface area contributed by atoms with Crippen LogP contribution in [-0.4, -0.2) is 14.2 Å². The van der Waals surface area contributed by atoms with Gasteiger partial charge in [-0.25, -0.2) is 4.39 Å². The van der Waals surface area contributed by atoms with E-state index >= 15 is 0 Å². The van der Waals surface area contributed by atoms with Gasteiger partial charge in [-0.05, 0) is 24.3 Å². The van der Waals surface area contributed by atoms with Crippen LogP contribution in [0.15, 0.2) is 42.5 Å². The third-order valence-electron chi connectivity index (χ3n) is 2.80. The molecule has 0 aromatic heterocycles. The van der Waals surface area contributed by atoms with E-state index in [1.165, 1.54) is 6.07 Å². The van der Waals surface area contributed by atoms with E-state index in [-0.39, 0.29) is 5.82 Å². The molecule has 0 bridgehead atoms. The molecule has 2 aromatic rings. The van der Waals surface area contributed by atoms with Crippen molar-refractivity contribution in [3.8, 4) is 5.75 Å². The maximum atomic E-state index is 13.9. The average Bonchev–Trinajstić information content (AvgIpc) is 2.38. The van der Waals surface area contributed by atoms with Gasteiger partial charge in [0.2, 0.25) is 0 Å². The fraction of sp³-hybridized carbons (Fsp3) is 0.143. The highest BCUT2D eigenvalue weighted by Crippen LogP contribution is 2.36. The molecule has 4 heteroatoms. The van der Waals surface area contributed by atoms with Crippen molar-refractivity contribution in [3.63, 3.8) is 0 Å². The maximum absolute atomic E-state index is 13.9. The fourth-order valence-electron chi connectivity index (χ4n) is 1.91. The summed E-state index contributed by atoms with van der Waals surface area (Å²) in [6.45, 7) is 0. The summed E-state index contributed by atoms with van der Waals surface area (Å²) >= 11 is 0. The van der Waals surface area contributed by atoms with Gasteiger partial charge in [0.25, 0.3) is 0 Å². The molecular weight excluding hydrogens is 231 g/mol. The SMILES string of the molecule is COc1ccccc1N(C)c1c(N)cccc1F. The Bertz CT molecular complexity index is 537. The third-order valence-corrected chi connectivity index (χ3v) is 2.80. The van der Waals surface area contributed by atoms with Crippen LogP contribution >= 0.6 is 0 Å². The van der Waals surface area contributed by atoms with Crippen molar-refractivity contribution in [1.82, 2.24) is 0 Å². The van der Waals surface area contributed by atoms with Crippen LogP contribution in [0.1, 0.15) is 0 Å². The second-order valence-corrected chi connectivity index (χ2v) is 3.91. The predicted molar refractivity (Wildman–Crippen MR) is 71.9 cm³/mol. The summed E-state index contributed by atoms with van der Waals surface area (Å²) in [4.78, 5) is 1.68. The number of halogens is 1. The van der Waals surface area contributed by atoms with E-state index in [4.69, 9.17) is 10.5 Å². The number of nitrogens with two attached hydrogens (primary N) is 1. The molecule has 0 spiro atoms. The highest BCUT2D eigenvalue weighted by atomic mass is 19.1. The molecule has 2 N–H and O–H groups in total. The van der Waals surface area contributed by atoms with Crippen LogP contribution in [0.5, 0.6) is 5.75 Å². The Labute approximate surface area is 106 Å². The minimum atomic E-state index is -0.358. The lowest BCUT2D eigenvalue weighted by Crippen LogP contribution is -2.14. The summed E-state index contributed by atoms with van der Waals surface area (Å²) in [5.74, 6) is 0.311. The van der Waals surface area contributed by atoms with Gasteiger partial charge in [0.05, 0.1) is 18.5 Å². The van der Waals surface area contributed by atoms with Gasteiger partial charge in [0, 0.05) is 7.05 Å². The molecule has 0 atom stereocenters. The van der Waals surface area contributed by atoms with Crippen LogP contribution < -0.4 is 15.4 Å². The first-order valence-corrected chi connectivity index (χ1v) is 5.56. The zero-order valence-corrected chi connectivity index (χ0v) is 10.4. The summed E-state index contributed by atoms with van der Waals surface area (Å²) in [7, 11) is 3.34. The van der Waals surface area contributed by atoms with E-state index < -0.39 is 0 Å². The van der Waals surface area contributed by atoms with Crippen LogP contribution in [0.25, 0.3) is 0 Å². The van der Waals surface area contributed by atoms with Gasteiger partial charge in [0.1, 0.15) is 17.3 Å². The summed E-state index contributed by atoms with van der Waals surface area (Å²) in [6, 6.07) is 12.0. The molecule has 0 saturated carbocycles. The number of rotatable bonds is 3. The first kappa shape index (κ1) is 12.2. The highest BCUT2D eigenvalue weighted by Gasteiger charge is 2.15. The Kier molecular flexibility index (Phi) is 3.37. The molecule has 0 saturated heterocycles. The number of hydrogen-bond acceptors (Lipinski definition) is 3. The van der Waals surface area contributed by atoms with Crippen LogP contribution in [0.4, 0.5) is 21.5 Å². The quantitative estimate of drug-likeness (QED) is 0.845. The lowest BCUT2D eigenvalue weighted by Gasteiger charge is -2.23. The molecule has 0 heterocycles. The molecular formula is C14H15FN2O. The van der Waals surface area contributed by atoms with Gasteiger partial charge >= 0.3 is 0 Å². The molecule has 0 aliphatic rings. The molecule has 0 unspecified atom stereocenters. The van der Waals surface area contributed by atoms with Crippen molar-refractivity contribution in [3.05, 3.63) is 48.3 Å². The Morgan fingerprint density at radius 3 is 2.50 bits per heavy atom. The number of para-hydroxylation sites is 3. The lowest BCUT2D eigenvalue weighted by molar-refractivity contribution is 0.415. The van der Waals surface area contributed by atoms with Gasteiger partial charge in [-0.2, -0.15) is 0 Å². The minimum absolute atomic E-state index is 0.349. The summed E-state index contributed by atoms with van der Waals surface area (Å²) in [5.41, 5.74) is 7.33. The van der Waals surface area contributed by atoms with Crippen LogP contribution in [0, 0.1) is 5.82 Å². The zero-order chi connectivity index (χ0) is 13.1. The first-order valence-electron chi connectivity index (χ1n) is 5.56. The second-order valence-electron chi connectivity index (χ2n) is 3.91. The zero-order valence-electron chi connectivity index (χ0n) is 10.4. The van der Waals surface area contributed by atoms with E-state index in [2.05, 4.69) is 0 Å². The van der Waals surface area contributed by atoms with Gasteiger partial charge in [-0.3, -0.25) is 0 Å². The van der Waals surface area contributed by atoms with E-state index in [1.807, 2.05) is 24.3 Å². The van der Waals surface area contributed by atoms with Crippen LogP contribution in [0.2, 0.25) is 0 Å². The Morgan fingerprint density at radius 2 is 1.83 bits per heavy atom. The van der Waals surface area contributed by atoms with Crippen LogP contribution in [-0.2, 0) is 0 Å². The largest absolute Gasteiger partial charge is 0.495 e. The standard InChI is InChI=1S/C14H15FN2O/c1-17(12-8-3-4-9-13(12)18-2)14-10(15)6-5-7-11(14)16/h3-9H,16H2,1-2H3. The molecule has 0 aliphatic carbocycles. The normalized spacial score (nSPS) is 10.2. The molecule has 3 nitrogen and oxygen atoms in total. The number of hydrogen-bond donors (Lipinski definition) is 1. The molecule has 2 rings (SSSR count). The molecule has 2 aromatic carbocycles. The number of methoxy groups -OCH3 is 1. The van der Waals surface area contributed by atoms with Crippen molar-refractivity contribution in [2.75, 3.05) is 24.8 Å². The lowest BCUT2D eigenvalue weighted by atomic mass is 10.2. The summed E-state index contributed by atoms with van der Waals surface area (Å²) in [6.07, 6.45) is 0. The number of nitrogen functional groups attached to an aromatic ring is 1. The van der Waals surface area contributed by atoms with Crippen LogP contribution in [0.3, 0.4) is 0 Å². The summed E-state index contributed by atoms with van der Waals surface area (Å²) < 4.78 is 19.1. The predicted octanol–water partition coefficient (Wildman–Crippen LogP) is 3.18. The van der Waals surface area contributed by atoms with Crippen molar-refractivity contribution in [2.24, 2.45) is 0 Å². The van der Waals surface area contributed by atoms with E-state index in [0.717, 1.165) is 5.69 Å². The van der Waals surface area contributed by atoms with E-state index in [0.29, 0.717) is 17.1 Å². The average molecular weight is 246 g/mol. The number of ether oxygens (including phenoxy) is 1. The maximum Gasteiger partial charge on any atom is 0.148 e. The number of anilines is 3. The van der Waals surface area contributed by atoms with Gasteiger partial charge < -0.3 is 15.4 Å². The Balaban J connectivity index is 2.51. The van der Waals surface area contributed by atoms with Gasteiger partial charge in [-0.15, -0.1) is 0 Å². The molecule has 0 aliphatic heterocycles. The van der Waals surface area contributed by atoms with Gasteiger partial charge in [0.15, 0.2) is 0 Å². The third kappa shape index (κ3) is 2.09. The van der Waals surface area contributed by atoms with Crippen molar-refractivity contribution in [2.45, 2.75) is 0 Å². The van der Waals surface area contributed by atoms with Gasteiger partial charge in [-0.1, -0.05) is 18.2 Å². The van der Waals surface area contributed by atoms with Crippen molar-refractivity contribution < 1.29 is 9.13 Å². The highest BCUT2D eigenvalue weighted by molar-refractivity contribution is 5.77. The molecule has 94 valence electrons. The monoisotopic (exact) mass is 246 g/mol. The molecule has 0 fully saturated rings. The van der Waals surface area contributed by atoms with E-state index in [1.54, 1.807) is 31.2 Å². The topological polar surface area (TPSA) is 38.5 Å². The molecule has 18 heavy (non-hydrogen) atoms. The smallest absolute Gasteiger partial charge is 0.148 e.